The SMILES string of the molecule is C=C(/C=C(\C=C/C)OC(=O)C(C)C)Oc1cc(OC(=O)C(C)C)ccc1C(C)c1cc(C(=O)NCC(O)CN)ccc1C=O. The highest BCUT2D eigenvalue weighted by molar-refractivity contribution is 5.95. The van der Waals surface area contributed by atoms with Gasteiger partial charge in [-0.2, -0.15) is 0 Å². The Kier molecular flexibility index (Phi) is 13.7. The lowest BCUT2D eigenvalue weighted by atomic mass is 9.88. The van der Waals surface area contributed by atoms with E-state index in [1.54, 1.807) is 71.0 Å². The maximum Gasteiger partial charge on any atom is 0.313 e. The summed E-state index contributed by atoms with van der Waals surface area (Å²) in [6, 6.07) is 9.50. The Bertz CT molecular complexity index is 1420. The van der Waals surface area contributed by atoms with Crippen LogP contribution in [0.2, 0.25) is 0 Å². The number of amides is 1. The summed E-state index contributed by atoms with van der Waals surface area (Å²) < 4.78 is 17.1. The number of hydrogen-bond donors (Lipinski definition) is 3. The van der Waals surface area contributed by atoms with Gasteiger partial charge in [0.15, 0.2) is 0 Å². The van der Waals surface area contributed by atoms with Crippen LogP contribution in [0.1, 0.15) is 79.3 Å². The zero-order valence-corrected chi connectivity index (χ0v) is 26.1. The number of nitrogens with two attached hydrogens (primary N) is 1. The molecule has 0 aliphatic heterocycles. The molecule has 2 aromatic rings. The highest BCUT2D eigenvalue weighted by Crippen LogP contribution is 2.37. The van der Waals surface area contributed by atoms with E-state index in [2.05, 4.69) is 11.9 Å². The third-order valence-corrected chi connectivity index (χ3v) is 6.42. The van der Waals surface area contributed by atoms with E-state index in [-0.39, 0.29) is 53.5 Å². The molecule has 0 aliphatic rings. The summed E-state index contributed by atoms with van der Waals surface area (Å²) in [7, 11) is 0. The van der Waals surface area contributed by atoms with Crippen molar-refractivity contribution in [1.82, 2.24) is 5.32 Å². The second-order valence-electron chi connectivity index (χ2n) is 10.7. The third kappa shape index (κ3) is 10.3. The molecule has 0 aromatic heterocycles. The maximum atomic E-state index is 12.8. The quantitative estimate of drug-likeness (QED) is 0.0852. The standard InChI is InChI=1S/C34H42N2O8/c1-8-9-27(43-33(40)20(2)3)14-22(6)42-31-16-28(44-34(41)21(4)5)12-13-29(31)23(7)30-15-24(10-11-25(30)19-37)32(39)36-18-26(38)17-35/h8-16,19-21,23,26,38H,6,17-18,35H2,1-5,7H3,(H,36,39)/b9-8-,27-14+. The van der Waals surface area contributed by atoms with Crippen molar-refractivity contribution in [2.45, 2.75) is 53.6 Å². The number of aliphatic hydroxyl groups excluding tert-OH is 1. The van der Waals surface area contributed by atoms with Crippen molar-refractivity contribution < 1.29 is 38.5 Å². The molecule has 236 valence electrons. The molecule has 2 atom stereocenters. The molecule has 2 rings (SSSR count). The van der Waals surface area contributed by atoms with Gasteiger partial charge < -0.3 is 30.4 Å². The number of carbonyl (C=O) groups excluding carboxylic acids is 4. The summed E-state index contributed by atoms with van der Waals surface area (Å²) in [6.07, 6.45) is 4.56. The summed E-state index contributed by atoms with van der Waals surface area (Å²) in [4.78, 5) is 49.3. The molecule has 10 nitrogen and oxygen atoms in total. The molecular formula is C34H42N2O8. The number of ether oxygens (including phenoxy) is 3. The second kappa shape index (κ2) is 16.9. The molecule has 0 heterocycles. The van der Waals surface area contributed by atoms with E-state index in [9.17, 15) is 24.3 Å². The number of hydrogen-bond acceptors (Lipinski definition) is 9. The van der Waals surface area contributed by atoms with Crippen LogP contribution in [0, 0.1) is 11.8 Å². The number of nitrogens with one attached hydrogen (secondary N) is 1. The largest absolute Gasteiger partial charge is 0.457 e. The number of esters is 2. The highest BCUT2D eigenvalue weighted by atomic mass is 16.5. The number of benzene rings is 2. The van der Waals surface area contributed by atoms with Gasteiger partial charge in [-0.1, -0.05) is 59.4 Å². The molecule has 1 amide bonds. The van der Waals surface area contributed by atoms with Gasteiger partial charge in [0.1, 0.15) is 29.3 Å². The van der Waals surface area contributed by atoms with Crippen molar-refractivity contribution >= 4 is 24.1 Å². The van der Waals surface area contributed by atoms with Gasteiger partial charge >= 0.3 is 11.9 Å². The van der Waals surface area contributed by atoms with Gasteiger partial charge in [0.2, 0.25) is 0 Å². The van der Waals surface area contributed by atoms with Gasteiger partial charge in [0.05, 0.1) is 17.9 Å². The molecular weight excluding hydrogens is 564 g/mol. The lowest BCUT2D eigenvalue weighted by molar-refractivity contribution is -0.142. The van der Waals surface area contributed by atoms with E-state index >= 15 is 0 Å². The predicted octanol–water partition coefficient (Wildman–Crippen LogP) is 4.81. The number of aliphatic hydroxyl groups is 1. The molecule has 0 aliphatic carbocycles. The normalized spacial score (nSPS) is 13.0. The predicted molar refractivity (Wildman–Crippen MR) is 167 cm³/mol. The molecule has 4 N–H and O–H groups in total. The van der Waals surface area contributed by atoms with Gasteiger partial charge in [-0.05, 0) is 36.8 Å². The summed E-state index contributed by atoms with van der Waals surface area (Å²) in [5, 5.41) is 12.3. The van der Waals surface area contributed by atoms with Crippen molar-refractivity contribution in [2.24, 2.45) is 17.6 Å². The Balaban J connectivity index is 2.56. The van der Waals surface area contributed by atoms with Crippen LogP contribution >= 0.6 is 0 Å². The zero-order valence-electron chi connectivity index (χ0n) is 26.1. The Morgan fingerprint density at radius 2 is 1.66 bits per heavy atom. The number of aldehydes is 1. The lowest BCUT2D eigenvalue weighted by Crippen LogP contribution is -2.36. The molecule has 2 unspecified atom stereocenters. The van der Waals surface area contributed by atoms with Gasteiger partial charge in [0, 0.05) is 47.8 Å². The monoisotopic (exact) mass is 606 g/mol. The van der Waals surface area contributed by atoms with Crippen molar-refractivity contribution in [2.75, 3.05) is 13.1 Å². The number of rotatable bonds is 15. The van der Waals surface area contributed by atoms with Crippen molar-refractivity contribution in [3.8, 4) is 11.5 Å². The minimum Gasteiger partial charge on any atom is -0.457 e. The summed E-state index contributed by atoms with van der Waals surface area (Å²) in [5.41, 5.74) is 7.18. The van der Waals surface area contributed by atoms with Crippen molar-refractivity contribution in [1.29, 1.82) is 0 Å². The first-order valence-corrected chi connectivity index (χ1v) is 14.3. The molecule has 0 radical (unpaired) electrons. The fourth-order valence-electron chi connectivity index (χ4n) is 3.86. The van der Waals surface area contributed by atoms with Crippen LogP contribution in [-0.4, -0.2) is 48.4 Å². The van der Waals surface area contributed by atoms with Crippen LogP contribution in [0.5, 0.6) is 11.5 Å². The van der Waals surface area contributed by atoms with E-state index in [0.717, 1.165) is 0 Å². The molecule has 0 spiro atoms. The summed E-state index contributed by atoms with van der Waals surface area (Å²) in [5.74, 6) is -1.69. The average Bonchev–Trinajstić information content (AvgIpc) is 2.98. The fourth-order valence-corrected chi connectivity index (χ4v) is 3.86. The first kappa shape index (κ1) is 35.7. The minimum absolute atomic E-state index is 0.00520. The topological polar surface area (TPSA) is 154 Å². The van der Waals surface area contributed by atoms with Crippen molar-refractivity contribution in [3.63, 3.8) is 0 Å². The van der Waals surface area contributed by atoms with Crippen LogP contribution in [-0.2, 0) is 14.3 Å². The van der Waals surface area contributed by atoms with Crippen LogP contribution in [0.4, 0.5) is 0 Å². The number of carbonyl (C=O) groups is 4. The summed E-state index contributed by atoms with van der Waals surface area (Å²) >= 11 is 0. The maximum absolute atomic E-state index is 12.8. The smallest absolute Gasteiger partial charge is 0.313 e. The van der Waals surface area contributed by atoms with Gasteiger partial charge in [0.25, 0.3) is 5.91 Å². The Morgan fingerprint density at radius 3 is 2.25 bits per heavy atom. The molecule has 0 saturated heterocycles. The van der Waals surface area contributed by atoms with E-state index in [1.165, 1.54) is 18.2 Å². The minimum atomic E-state index is -0.890. The Morgan fingerprint density at radius 1 is 0.977 bits per heavy atom. The third-order valence-electron chi connectivity index (χ3n) is 6.42. The van der Waals surface area contributed by atoms with Crippen LogP contribution < -0.4 is 20.5 Å². The van der Waals surface area contributed by atoms with Gasteiger partial charge in [-0.25, -0.2) is 0 Å². The van der Waals surface area contributed by atoms with Gasteiger partial charge in [-0.15, -0.1) is 0 Å². The van der Waals surface area contributed by atoms with E-state index in [1.807, 2.05) is 6.92 Å². The lowest BCUT2D eigenvalue weighted by Gasteiger charge is -2.21. The van der Waals surface area contributed by atoms with Crippen LogP contribution in [0.25, 0.3) is 0 Å². The number of allylic oxidation sites excluding steroid dienone is 3. The van der Waals surface area contributed by atoms with Crippen LogP contribution in [0.15, 0.2) is 72.7 Å². The molecule has 10 heteroatoms. The zero-order chi connectivity index (χ0) is 33.0. The molecule has 0 fully saturated rings. The fraction of sp³-hybridized carbons (Fsp3) is 0.353. The average molecular weight is 607 g/mol. The van der Waals surface area contributed by atoms with E-state index < -0.39 is 29.9 Å². The van der Waals surface area contributed by atoms with Crippen LogP contribution in [0.3, 0.4) is 0 Å². The van der Waals surface area contributed by atoms with Gasteiger partial charge in [-0.3, -0.25) is 19.2 Å². The first-order chi connectivity index (χ1) is 20.8. The van der Waals surface area contributed by atoms with Crippen molar-refractivity contribution in [3.05, 3.63) is 95.0 Å². The Hall–Kier alpha value is -4.54. The molecule has 0 bridgehead atoms. The van der Waals surface area contributed by atoms with E-state index in [0.29, 0.717) is 23.0 Å². The first-order valence-electron chi connectivity index (χ1n) is 14.3. The highest BCUT2D eigenvalue weighted by Gasteiger charge is 2.22. The van der Waals surface area contributed by atoms with E-state index in [4.69, 9.17) is 19.9 Å². The molecule has 44 heavy (non-hydrogen) atoms. The Labute approximate surface area is 258 Å². The molecule has 0 saturated carbocycles. The molecule has 2 aromatic carbocycles. The second-order valence-corrected chi connectivity index (χ2v) is 10.7. The summed E-state index contributed by atoms with van der Waals surface area (Å²) in [6.45, 7) is 14.4.